The van der Waals surface area contributed by atoms with Crippen LogP contribution < -0.4 is 4.74 Å². The molecule has 0 N–H and O–H groups in total. The maximum Gasteiger partial charge on any atom is 0.164 e. The van der Waals surface area contributed by atoms with Gasteiger partial charge in [-0.25, -0.2) is 0 Å². The number of likely N-dealkylation sites (tertiary alicyclic amines) is 1. The Morgan fingerprint density at radius 3 is 2.43 bits per heavy atom. The number of carbonyl (C=O) groups excluding carboxylic acids is 1. The Bertz CT molecular complexity index is 441. The van der Waals surface area contributed by atoms with Gasteiger partial charge in [-0.05, 0) is 56.6 Å². The van der Waals surface area contributed by atoms with E-state index in [9.17, 15) is 4.79 Å². The van der Waals surface area contributed by atoms with E-state index in [0.717, 1.165) is 44.0 Å². The molecule has 1 aliphatic heterocycles. The Hall–Kier alpha value is -1.06. The van der Waals surface area contributed by atoms with Crippen molar-refractivity contribution in [1.29, 1.82) is 0 Å². The normalized spacial score (nSPS) is 15.0. The van der Waals surface area contributed by atoms with Gasteiger partial charge in [-0.1, -0.05) is 26.2 Å². The van der Waals surface area contributed by atoms with Crippen molar-refractivity contribution in [2.45, 2.75) is 51.9 Å². The van der Waals surface area contributed by atoms with Gasteiger partial charge in [-0.3, -0.25) is 4.79 Å². The van der Waals surface area contributed by atoms with Crippen LogP contribution in [0.1, 0.15) is 62.2 Å². The Balaban J connectivity index is 0.00000264. The number of hydrogen-bond acceptors (Lipinski definition) is 3. The van der Waals surface area contributed by atoms with Crippen LogP contribution >= 0.6 is 12.4 Å². The fraction of sp³-hybridized carbons (Fsp3) is 0.632. The summed E-state index contributed by atoms with van der Waals surface area (Å²) < 4.78 is 5.68. The van der Waals surface area contributed by atoms with Gasteiger partial charge >= 0.3 is 0 Å². The molecule has 0 atom stereocenters. The summed E-state index contributed by atoms with van der Waals surface area (Å²) in [5.41, 5.74) is 0.804. The highest BCUT2D eigenvalue weighted by Crippen LogP contribution is 2.15. The molecule has 2 rings (SSSR count). The minimum Gasteiger partial charge on any atom is -0.494 e. The Kier molecular flexibility index (Phi) is 9.97. The zero-order chi connectivity index (χ0) is 15.6. The van der Waals surface area contributed by atoms with Crippen molar-refractivity contribution in [3.05, 3.63) is 29.8 Å². The fourth-order valence-corrected chi connectivity index (χ4v) is 2.87. The monoisotopic (exact) mass is 339 g/mol. The molecule has 130 valence electrons. The SMILES string of the molecule is CCCCCOc1ccc(C(=O)CCN2CCCCC2)cc1.Cl. The smallest absolute Gasteiger partial charge is 0.164 e. The molecule has 1 aliphatic rings. The molecule has 0 amide bonds. The molecule has 1 aromatic carbocycles. The number of hydrogen-bond donors (Lipinski definition) is 0. The van der Waals surface area contributed by atoms with Crippen molar-refractivity contribution in [3.63, 3.8) is 0 Å². The van der Waals surface area contributed by atoms with Crippen LogP contribution in [0, 0.1) is 0 Å². The Morgan fingerprint density at radius 1 is 1.09 bits per heavy atom. The highest BCUT2D eigenvalue weighted by molar-refractivity contribution is 5.96. The number of carbonyl (C=O) groups is 1. The minimum atomic E-state index is 0. The maximum atomic E-state index is 12.2. The third-order valence-corrected chi connectivity index (χ3v) is 4.30. The molecule has 3 nitrogen and oxygen atoms in total. The molecule has 0 saturated carbocycles. The van der Waals surface area contributed by atoms with Crippen LogP contribution in [0.15, 0.2) is 24.3 Å². The molecule has 0 spiro atoms. The summed E-state index contributed by atoms with van der Waals surface area (Å²) in [7, 11) is 0. The quantitative estimate of drug-likeness (QED) is 0.481. The summed E-state index contributed by atoms with van der Waals surface area (Å²) in [6.45, 7) is 6.14. The molecule has 1 aromatic rings. The standard InChI is InChI=1S/C19H29NO2.ClH/c1-2-3-7-16-22-18-10-8-17(9-11-18)19(21)12-15-20-13-5-4-6-14-20;/h8-11H,2-7,12-16H2,1H3;1H. The lowest BCUT2D eigenvalue weighted by Gasteiger charge is -2.25. The van der Waals surface area contributed by atoms with E-state index in [4.69, 9.17) is 4.74 Å². The molecule has 1 heterocycles. The zero-order valence-corrected chi connectivity index (χ0v) is 15.1. The molecular formula is C19H30ClNO2. The first-order valence-electron chi connectivity index (χ1n) is 8.78. The Labute approximate surface area is 146 Å². The molecular weight excluding hydrogens is 310 g/mol. The second-order valence-electron chi connectivity index (χ2n) is 6.16. The molecule has 0 radical (unpaired) electrons. The first-order chi connectivity index (χ1) is 10.8. The second-order valence-corrected chi connectivity index (χ2v) is 6.16. The molecule has 23 heavy (non-hydrogen) atoms. The van der Waals surface area contributed by atoms with Crippen LogP contribution in [0.3, 0.4) is 0 Å². The van der Waals surface area contributed by atoms with Crippen molar-refractivity contribution in [3.8, 4) is 5.75 Å². The van der Waals surface area contributed by atoms with Gasteiger partial charge in [-0.2, -0.15) is 0 Å². The van der Waals surface area contributed by atoms with Gasteiger partial charge in [0.05, 0.1) is 6.61 Å². The molecule has 1 fully saturated rings. The number of unbranched alkanes of at least 4 members (excludes halogenated alkanes) is 2. The van der Waals surface area contributed by atoms with Crippen molar-refractivity contribution in [2.24, 2.45) is 0 Å². The maximum absolute atomic E-state index is 12.2. The lowest BCUT2D eigenvalue weighted by atomic mass is 10.1. The lowest BCUT2D eigenvalue weighted by Crippen LogP contribution is -2.31. The summed E-state index contributed by atoms with van der Waals surface area (Å²) in [5.74, 6) is 1.10. The number of ketones is 1. The summed E-state index contributed by atoms with van der Waals surface area (Å²) in [6, 6.07) is 7.63. The average molecular weight is 340 g/mol. The minimum absolute atomic E-state index is 0. The molecule has 0 unspecified atom stereocenters. The molecule has 0 aliphatic carbocycles. The molecule has 0 bridgehead atoms. The number of halogens is 1. The summed E-state index contributed by atoms with van der Waals surface area (Å²) in [5, 5.41) is 0. The number of rotatable bonds is 9. The van der Waals surface area contributed by atoms with Gasteiger partial charge in [0.15, 0.2) is 5.78 Å². The third kappa shape index (κ3) is 7.36. The largest absolute Gasteiger partial charge is 0.494 e. The van der Waals surface area contributed by atoms with Crippen molar-refractivity contribution < 1.29 is 9.53 Å². The molecule has 1 saturated heterocycles. The Morgan fingerprint density at radius 2 is 1.78 bits per heavy atom. The van der Waals surface area contributed by atoms with Crippen molar-refractivity contribution in [2.75, 3.05) is 26.2 Å². The van der Waals surface area contributed by atoms with Gasteiger partial charge in [0.25, 0.3) is 0 Å². The second kappa shape index (κ2) is 11.5. The first kappa shape index (κ1) is 20.0. The third-order valence-electron chi connectivity index (χ3n) is 4.30. The predicted molar refractivity (Wildman–Crippen MR) is 97.9 cm³/mol. The number of Topliss-reactive ketones (excluding diaryl/α,β-unsaturated/α-hetero) is 1. The van der Waals surface area contributed by atoms with Gasteiger partial charge < -0.3 is 9.64 Å². The summed E-state index contributed by atoms with van der Waals surface area (Å²) in [6.07, 6.45) is 8.01. The van der Waals surface area contributed by atoms with Crippen molar-refractivity contribution >= 4 is 18.2 Å². The number of nitrogens with zero attached hydrogens (tertiary/aromatic N) is 1. The molecule has 4 heteroatoms. The zero-order valence-electron chi connectivity index (χ0n) is 14.3. The van der Waals surface area contributed by atoms with Crippen LogP contribution in [0.2, 0.25) is 0 Å². The van der Waals surface area contributed by atoms with E-state index in [1.807, 2.05) is 24.3 Å². The van der Waals surface area contributed by atoms with Crippen LogP contribution in [-0.4, -0.2) is 36.9 Å². The van der Waals surface area contributed by atoms with Gasteiger partial charge in [0.1, 0.15) is 5.75 Å². The van der Waals surface area contributed by atoms with E-state index >= 15 is 0 Å². The van der Waals surface area contributed by atoms with E-state index in [0.29, 0.717) is 6.42 Å². The highest BCUT2D eigenvalue weighted by atomic mass is 35.5. The van der Waals surface area contributed by atoms with E-state index in [-0.39, 0.29) is 18.2 Å². The highest BCUT2D eigenvalue weighted by Gasteiger charge is 2.12. The lowest BCUT2D eigenvalue weighted by molar-refractivity contribution is 0.0958. The topological polar surface area (TPSA) is 29.5 Å². The van der Waals surface area contributed by atoms with Gasteiger partial charge in [-0.15, -0.1) is 12.4 Å². The van der Waals surface area contributed by atoms with E-state index in [1.165, 1.54) is 32.1 Å². The number of piperidine rings is 1. The fourth-order valence-electron chi connectivity index (χ4n) is 2.87. The summed E-state index contributed by atoms with van der Waals surface area (Å²) >= 11 is 0. The van der Waals surface area contributed by atoms with Crippen molar-refractivity contribution in [1.82, 2.24) is 4.90 Å². The van der Waals surface area contributed by atoms with Crippen LogP contribution in [0.4, 0.5) is 0 Å². The van der Waals surface area contributed by atoms with Crippen LogP contribution in [0.5, 0.6) is 5.75 Å². The average Bonchev–Trinajstić information content (AvgIpc) is 2.58. The number of benzene rings is 1. The summed E-state index contributed by atoms with van der Waals surface area (Å²) in [4.78, 5) is 14.6. The predicted octanol–water partition coefficient (Wildman–Crippen LogP) is 4.74. The van der Waals surface area contributed by atoms with E-state index in [2.05, 4.69) is 11.8 Å². The van der Waals surface area contributed by atoms with Crippen LogP contribution in [0.25, 0.3) is 0 Å². The van der Waals surface area contributed by atoms with E-state index < -0.39 is 0 Å². The van der Waals surface area contributed by atoms with Gasteiger partial charge in [0, 0.05) is 18.5 Å². The van der Waals surface area contributed by atoms with Gasteiger partial charge in [0.2, 0.25) is 0 Å². The first-order valence-corrected chi connectivity index (χ1v) is 8.78. The molecule has 0 aromatic heterocycles. The van der Waals surface area contributed by atoms with Crippen LogP contribution in [-0.2, 0) is 0 Å². The number of ether oxygens (including phenoxy) is 1. The van der Waals surface area contributed by atoms with E-state index in [1.54, 1.807) is 0 Å².